The van der Waals surface area contributed by atoms with Crippen molar-refractivity contribution in [3.63, 3.8) is 0 Å². The molecule has 1 aliphatic heterocycles. The molecule has 1 heterocycles. The second kappa shape index (κ2) is 7.63. The number of aliphatic hydroxyl groups is 1. The van der Waals surface area contributed by atoms with Gasteiger partial charge in [0.25, 0.3) is 11.7 Å². The van der Waals surface area contributed by atoms with Gasteiger partial charge in [-0.1, -0.05) is 74.4 Å². The molecule has 4 rings (SSSR count). The Morgan fingerprint density at radius 1 is 1.00 bits per heavy atom. The molecule has 1 aliphatic carbocycles. The summed E-state index contributed by atoms with van der Waals surface area (Å²) in [5.74, 6) is -1.17. The van der Waals surface area contributed by atoms with E-state index in [0.29, 0.717) is 5.56 Å². The van der Waals surface area contributed by atoms with Gasteiger partial charge in [0.05, 0.1) is 11.6 Å². The minimum atomic E-state index is -0.585. The van der Waals surface area contributed by atoms with Gasteiger partial charge >= 0.3 is 0 Å². The van der Waals surface area contributed by atoms with E-state index in [2.05, 4.69) is 6.92 Å². The van der Waals surface area contributed by atoms with Gasteiger partial charge in [-0.15, -0.1) is 0 Å². The third-order valence-electron chi connectivity index (χ3n) is 5.95. The van der Waals surface area contributed by atoms with E-state index in [4.69, 9.17) is 0 Å². The van der Waals surface area contributed by atoms with Gasteiger partial charge < -0.3 is 10.0 Å². The van der Waals surface area contributed by atoms with Crippen LogP contribution in [0.1, 0.15) is 55.3 Å². The fourth-order valence-corrected chi connectivity index (χ4v) is 4.42. The van der Waals surface area contributed by atoms with Crippen molar-refractivity contribution in [2.24, 2.45) is 0 Å². The maximum atomic E-state index is 13.0. The van der Waals surface area contributed by atoms with Gasteiger partial charge in [-0.3, -0.25) is 9.59 Å². The monoisotopic (exact) mass is 375 g/mol. The average Bonchev–Trinajstić information content (AvgIpc) is 3.35. The lowest BCUT2D eigenvalue weighted by Gasteiger charge is -2.30. The SMILES string of the molecule is CCc1ccc(C2/C(=C(/O)c3ccccc3)C(=O)C(=O)N2C2CCCC2)cc1. The highest BCUT2D eigenvalue weighted by atomic mass is 16.3. The van der Waals surface area contributed by atoms with Crippen LogP contribution in [0.4, 0.5) is 0 Å². The lowest BCUT2D eigenvalue weighted by molar-refractivity contribution is -0.141. The molecule has 1 N–H and O–H groups in total. The third-order valence-corrected chi connectivity index (χ3v) is 5.95. The molecular formula is C24H25NO3. The van der Waals surface area contributed by atoms with E-state index < -0.39 is 17.7 Å². The van der Waals surface area contributed by atoms with E-state index >= 15 is 0 Å². The number of aliphatic hydroxyl groups excluding tert-OH is 1. The molecule has 0 aromatic heterocycles. The van der Waals surface area contributed by atoms with Crippen LogP contribution in [0.15, 0.2) is 60.2 Å². The summed E-state index contributed by atoms with van der Waals surface area (Å²) < 4.78 is 0. The summed E-state index contributed by atoms with van der Waals surface area (Å²) in [6.45, 7) is 2.09. The Balaban J connectivity index is 1.86. The Labute approximate surface area is 165 Å². The molecule has 4 heteroatoms. The Morgan fingerprint density at radius 3 is 2.25 bits per heavy atom. The highest BCUT2D eigenvalue weighted by Crippen LogP contribution is 2.43. The number of carbonyl (C=O) groups excluding carboxylic acids is 2. The molecule has 2 fully saturated rings. The van der Waals surface area contributed by atoms with Crippen LogP contribution in [0.5, 0.6) is 0 Å². The number of Topliss-reactive ketones (excluding diaryl/α,β-unsaturated/α-hetero) is 1. The number of likely N-dealkylation sites (tertiary alicyclic amines) is 1. The first-order chi connectivity index (χ1) is 13.6. The molecule has 2 aromatic carbocycles. The van der Waals surface area contributed by atoms with Crippen molar-refractivity contribution in [3.05, 3.63) is 76.9 Å². The highest BCUT2D eigenvalue weighted by molar-refractivity contribution is 6.46. The van der Waals surface area contributed by atoms with E-state index in [1.807, 2.05) is 42.5 Å². The number of benzene rings is 2. The van der Waals surface area contributed by atoms with Gasteiger partial charge in [0.2, 0.25) is 0 Å². The average molecular weight is 375 g/mol. The van der Waals surface area contributed by atoms with Crippen LogP contribution < -0.4 is 0 Å². The molecule has 2 aliphatic rings. The standard InChI is InChI=1S/C24H25NO3/c1-2-16-12-14-17(15-13-16)21-20(22(26)18-8-4-3-5-9-18)23(27)24(28)25(21)19-10-6-7-11-19/h3-5,8-9,12-15,19,21,26H,2,6-7,10-11H2,1H3/b22-20-. The first kappa shape index (κ1) is 18.5. The lowest BCUT2D eigenvalue weighted by atomic mass is 9.94. The molecule has 28 heavy (non-hydrogen) atoms. The fraction of sp³-hybridized carbons (Fsp3) is 0.333. The molecule has 4 nitrogen and oxygen atoms in total. The lowest BCUT2D eigenvalue weighted by Crippen LogP contribution is -2.37. The van der Waals surface area contributed by atoms with Gasteiger partial charge in [-0.05, 0) is 30.4 Å². The first-order valence-electron chi connectivity index (χ1n) is 10.1. The molecule has 0 spiro atoms. The second-order valence-electron chi connectivity index (χ2n) is 7.61. The molecule has 1 saturated carbocycles. The molecule has 1 unspecified atom stereocenters. The van der Waals surface area contributed by atoms with Crippen LogP contribution in [-0.4, -0.2) is 27.7 Å². The quantitative estimate of drug-likeness (QED) is 0.482. The first-order valence-corrected chi connectivity index (χ1v) is 10.1. The van der Waals surface area contributed by atoms with Crippen LogP contribution in [0.3, 0.4) is 0 Å². The van der Waals surface area contributed by atoms with Crippen LogP contribution in [-0.2, 0) is 16.0 Å². The van der Waals surface area contributed by atoms with Gasteiger partial charge in [-0.25, -0.2) is 0 Å². The molecule has 144 valence electrons. The number of aryl methyl sites for hydroxylation is 1. The zero-order valence-electron chi connectivity index (χ0n) is 16.1. The van der Waals surface area contributed by atoms with E-state index in [1.54, 1.807) is 17.0 Å². The molecule has 1 saturated heterocycles. The summed E-state index contributed by atoms with van der Waals surface area (Å²) in [4.78, 5) is 27.7. The molecule has 0 radical (unpaired) electrons. The fourth-order valence-electron chi connectivity index (χ4n) is 4.42. The van der Waals surface area contributed by atoms with Crippen molar-refractivity contribution in [1.29, 1.82) is 0 Å². The summed E-state index contributed by atoms with van der Waals surface area (Å²) >= 11 is 0. The number of nitrogens with zero attached hydrogens (tertiary/aromatic N) is 1. The minimum Gasteiger partial charge on any atom is -0.507 e. The van der Waals surface area contributed by atoms with E-state index in [-0.39, 0.29) is 17.4 Å². The van der Waals surface area contributed by atoms with Crippen molar-refractivity contribution in [1.82, 2.24) is 4.90 Å². The van der Waals surface area contributed by atoms with Gasteiger partial charge in [0.15, 0.2) is 0 Å². The summed E-state index contributed by atoms with van der Waals surface area (Å²) in [6.07, 6.45) is 4.86. The van der Waals surface area contributed by atoms with Crippen LogP contribution in [0.2, 0.25) is 0 Å². The van der Waals surface area contributed by atoms with Crippen molar-refractivity contribution >= 4 is 17.4 Å². The van der Waals surface area contributed by atoms with E-state index in [0.717, 1.165) is 37.7 Å². The molecule has 0 bridgehead atoms. The zero-order chi connectivity index (χ0) is 19.7. The predicted octanol–water partition coefficient (Wildman–Crippen LogP) is 4.61. The predicted molar refractivity (Wildman–Crippen MR) is 109 cm³/mol. The number of hydrogen-bond acceptors (Lipinski definition) is 3. The van der Waals surface area contributed by atoms with Crippen molar-refractivity contribution in [2.45, 2.75) is 51.1 Å². The summed E-state index contributed by atoms with van der Waals surface area (Å²) in [5.41, 5.74) is 2.83. The smallest absolute Gasteiger partial charge is 0.295 e. The van der Waals surface area contributed by atoms with Crippen molar-refractivity contribution in [2.75, 3.05) is 0 Å². The number of carbonyl (C=O) groups is 2. The normalized spacial score (nSPS) is 22.2. The molecule has 2 aromatic rings. The highest BCUT2D eigenvalue weighted by Gasteiger charge is 2.49. The van der Waals surface area contributed by atoms with Gasteiger partial charge in [0.1, 0.15) is 5.76 Å². The Bertz CT molecular complexity index is 909. The van der Waals surface area contributed by atoms with Crippen molar-refractivity contribution in [3.8, 4) is 0 Å². The van der Waals surface area contributed by atoms with Gasteiger partial charge in [0, 0.05) is 11.6 Å². The molecule has 1 amide bonds. The maximum Gasteiger partial charge on any atom is 0.295 e. The topological polar surface area (TPSA) is 57.6 Å². The summed E-state index contributed by atoms with van der Waals surface area (Å²) in [6, 6.07) is 16.5. The number of ketones is 1. The number of hydrogen-bond donors (Lipinski definition) is 1. The summed E-state index contributed by atoms with van der Waals surface area (Å²) in [5, 5.41) is 11.0. The van der Waals surface area contributed by atoms with Crippen LogP contribution in [0.25, 0.3) is 5.76 Å². The third kappa shape index (κ3) is 3.13. The Hall–Kier alpha value is -2.88. The number of amides is 1. The molecule has 1 atom stereocenters. The van der Waals surface area contributed by atoms with E-state index in [1.165, 1.54) is 5.56 Å². The maximum absolute atomic E-state index is 13.0. The number of rotatable bonds is 4. The van der Waals surface area contributed by atoms with Crippen molar-refractivity contribution < 1.29 is 14.7 Å². The van der Waals surface area contributed by atoms with Gasteiger partial charge in [-0.2, -0.15) is 0 Å². The Kier molecular flexibility index (Phi) is 5.03. The molecular weight excluding hydrogens is 350 g/mol. The van der Waals surface area contributed by atoms with Crippen LogP contribution >= 0.6 is 0 Å². The van der Waals surface area contributed by atoms with Crippen LogP contribution in [0, 0.1) is 0 Å². The zero-order valence-corrected chi connectivity index (χ0v) is 16.1. The Morgan fingerprint density at radius 2 is 1.64 bits per heavy atom. The largest absolute Gasteiger partial charge is 0.507 e. The summed E-state index contributed by atoms with van der Waals surface area (Å²) in [7, 11) is 0. The van der Waals surface area contributed by atoms with E-state index in [9.17, 15) is 14.7 Å². The second-order valence-corrected chi connectivity index (χ2v) is 7.61. The minimum absolute atomic E-state index is 0.0494.